The average Bonchev–Trinajstić information content (AvgIpc) is 4.14. The van der Waals surface area contributed by atoms with Gasteiger partial charge in [0, 0.05) is 78.9 Å². The molecule has 8 bridgehead atoms. The fourth-order valence-corrected chi connectivity index (χ4v) is 7.44. The van der Waals surface area contributed by atoms with Gasteiger partial charge in [-0.1, -0.05) is 0 Å². The van der Waals surface area contributed by atoms with Crippen molar-refractivity contribution in [2.24, 2.45) is 0 Å². The molecule has 63 heavy (non-hydrogen) atoms. The van der Waals surface area contributed by atoms with Gasteiger partial charge in [0.2, 0.25) is 17.5 Å². The number of fused-ring (bicyclic) bond motifs is 8. The first-order valence-electron chi connectivity index (χ1n) is 17.7. The highest BCUT2D eigenvalue weighted by Gasteiger charge is 2.34. The summed E-state index contributed by atoms with van der Waals surface area (Å²) in [5.41, 5.74) is -8.74. The van der Waals surface area contributed by atoms with Gasteiger partial charge >= 0.3 is 0 Å². The molecular formula is C43H16F15N5. The zero-order valence-corrected chi connectivity index (χ0v) is 30.5. The van der Waals surface area contributed by atoms with Gasteiger partial charge < -0.3 is 19.9 Å². The Morgan fingerprint density at radius 2 is 0.492 bits per heavy atom. The van der Waals surface area contributed by atoms with Gasteiger partial charge in [0.05, 0.1) is 16.7 Å². The number of halogens is 15. The Morgan fingerprint density at radius 3 is 0.778 bits per heavy atom. The van der Waals surface area contributed by atoms with Crippen molar-refractivity contribution >= 4 is 22.3 Å². The van der Waals surface area contributed by atoms with E-state index in [1.807, 2.05) is 0 Å². The standard InChI is InChI=1S/C43H16F15N5/c44-29-26(30(45)36(51)41(56)35(29)50)23-16-3-1-14(60-16)22(13-9-11-59-12-10-13)15-2-4-17(61-15)24(27-31(46)37(52)42(57)38(53)32(27)47)19-6-8-21(63-19)25(20-7-5-18(23)62-20)28-33(48)39(54)43(58)40(55)34(28)49/h1-12,60-63H. The second-order valence-corrected chi connectivity index (χ2v) is 13.7. The Labute approximate surface area is 339 Å². The molecule has 1 aliphatic rings. The molecule has 4 N–H and O–H groups in total. The predicted octanol–water partition coefficient (Wildman–Crippen LogP) is 7.78. The number of benzene rings is 3. The topological polar surface area (TPSA) is 76.0 Å². The summed E-state index contributed by atoms with van der Waals surface area (Å²) in [6, 6.07) is 11.2. The van der Waals surface area contributed by atoms with Crippen LogP contribution in [0.4, 0.5) is 65.9 Å². The van der Waals surface area contributed by atoms with Crippen LogP contribution in [0.5, 0.6) is 0 Å². The van der Waals surface area contributed by atoms with Gasteiger partial charge in [-0.15, -0.1) is 0 Å². The van der Waals surface area contributed by atoms with Gasteiger partial charge in [0.1, 0.15) is 0 Å². The second kappa shape index (κ2) is 14.8. The molecule has 0 saturated carbocycles. The van der Waals surface area contributed by atoms with E-state index in [1.165, 1.54) is 36.7 Å². The number of nitrogens with zero attached hydrogens (tertiary/aromatic N) is 1. The number of rotatable bonds is 4. The molecule has 1 aliphatic heterocycles. The number of pyridine rings is 1. The van der Waals surface area contributed by atoms with Crippen molar-refractivity contribution in [1.29, 1.82) is 0 Å². The van der Waals surface area contributed by atoms with E-state index in [0.29, 0.717) is 0 Å². The quantitative estimate of drug-likeness (QED) is 0.0815. The van der Waals surface area contributed by atoms with Crippen molar-refractivity contribution in [3.05, 3.63) is 227 Å². The zero-order valence-electron chi connectivity index (χ0n) is 30.5. The molecule has 8 aromatic rings. The fraction of sp³-hybridized carbons (Fsp3) is 0. The van der Waals surface area contributed by atoms with Crippen molar-refractivity contribution in [2.75, 3.05) is 0 Å². The predicted molar refractivity (Wildman–Crippen MR) is 191 cm³/mol. The van der Waals surface area contributed by atoms with Crippen LogP contribution in [-0.4, -0.2) is 24.9 Å². The molecule has 0 atom stereocenters. The molecule has 0 fully saturated rings. The summed E-state index contributed by atoms with van der Waals surface area (Å²) in [5, 5.41) is -1.71. The number of hydrogen-bond donors (Lipinski definition) is 4. The van der Waals surface area contributed by atoms with E-state index in [0.717, 1.165) is 36.4 Å². The van der Waals surface area contributed by atoms with Crippen LogP contribution >= 0.6 is 0 Å². The molecule has 20 heteroatoms. The Hall–Kier alpha value is -7.64. The summed E-state index contributed by atoms with van der Waals surface area (Å²) in [5.74, 6) is -36.4. The molecular weight excluding hydrogens is 871 g/mol. The summed E-state index contributed by atoms with van der Waals surface area (Å²) in [4.78, 5) is 14.6. The minimum absolute atomic E-state index is 0.0153. The summed E-state index contributed by atoms with van der Waals surface area (Å²) in [6.07, 6.45) is 2.65. The number of aromatic nitrogens is 5. The molecule has 0 spiro atoms. The van der Waals surface area contributed by atoms with Gasteiger partial charge in [-0.25, -0.2) is 65.9 Å². The monoisotopic (exact) mass is 887 g/mol. The maximum atomic E-state index is 15.8. The van der Waals surface area contributed by atoms with E-state index in [1.54, 1.807) is 0 Å². The SMILES string of the molecule is Fc1c(F)c(F)c(C2=c3ccc([nH]3)=C(c3ccncc3)c3ccc([nH]3)C(c3c(F)c(F)c(F)c(F)c3F)=c3ccc([nH]3)=C(c3c(F)c(F)c(F)c(F)c3F)c3ccc2[nH]3)c(F)c1F. The molecule has 5 aromatic heterocycles. The number of H-pyrrole nitrogens is 4. The Kier molecular flexibility index (Phi) is 9.56. The summed E-state index contributed by atoms with van der Waals surface area (Å²) in [7, 11) is 0. The first-order chi connectivity index (χ1) is 30.0. The molecule has 5 nitrogen and oxygen atoms in total. The Morgan fingerprint density at radius 1 is 0.254 bits per heavy atom. The lowest BCUT2D eigenvalue weighted by molar-refractivity contribution is 0.376. The summed E-state index contributed by atoms with van der Waals surface area (Å²) < 4.78 is 227. The molecule has 0 saturated heterocycles. The van der Waals surface area contributed by atoms with E-state index in [2.05, 4.69) is 24.9 Å². The van der Waals surface area contributed by atoms with Crippen LogP contribution in [-0.2, 0) is 0 Å². The van der Waals surface area contributed by atoms with Crippen LogP contribution < -0.4 is 21.4 Å². The molecule has 0 amide bonds. The van der Waals surface area contributed by atoms with E-state index in [9.17, 15) is 39.5 Å². The highest BCUT2D eigenvalue weighted by Crippen LogP contribution is 2.36. The third-order valence-electron chi connectivity index (χ3n) is 10.2. The average molecular weight is 888 g/mol. The maximum absolute atomic E-state index is 15.8. The normalized spacial score (nSPS) is 12.9. The molecule has 6 heterocycles. The number of aromatic amines is 4. The van der Waals surface area contributed by atoms with Gasteiger partial charge in [0.15, 0.2) is 69.8 Å². The number of nitrogens with one attached hydrogen (secondary N) is 4. The van der Waals surface area contributed by atoms with Crippen molar-refractivity contribution < 1.29 is 65.9 Å². The molecule has 3 aromatic carbocycles. The van der Waals surface area contributed by atoms with E-state index >= 15 is 26.3 Å². The van der Waals surface area contributed by atoms with Crippen LogP contribution in [0.25, 0.3) is 22.3 Å². The van der Waals surface area contributed by atoms with Crippen LogP contribution in [0.3, 0.4) is 0 Å². The highest BCUT2D eigenvalue weighted by molar-refractivity contribution is 5.85. The minimum Gasteiger partial charge on any atom is -0.354 e. The molecule has 0 aliphatic carbocycles. The lowest BCUT2D eigenvalue weighted by Gasteiger charge is -2.13. The fourth-order valence-electron chi connectivity index (χ4n) is 7.44. The van der Waals surface area contributed by atoms with Crippen molar-refractivity contribution in [2.45, 2.75) is 0 Å². The number of hydrogen-bond acceptors (Lipinski definition) is 1. The second-order valence-electron chi connectivity index (χ2n) is 13.7. The summed E-state index contributed by atoms with van der Waals surface area (Å²) >= 11 is 0. The third kappa shape index (κ3) is 6.10. The Balaban J connectivity index is 1.52. The van der Waals surface area contributed by atoms with Crippen molar-refractivity contribution in [3.63, 3.8) is 0 Å². The van der Waals surface area contributed by atoms with Gasteiger partial charge in [0.25, 0.3) is 0 Å². The molecule has 9 rings (SSSR count). The van der Waals surface area contributed by atoms with Crippen LogP contribution in [0.1, 0.15) is 45.0 Å². The molecule has 318 valence electrons. The molecule has 0 unspecified atom stereocenters. The van der Waals surface area contributed by atoms with Gasteiger partial charge in [-0.3, -0.25) is 4.98 Å². The van der Waals surface area contributed by atoms with Gasteiger partial charge in [-0.05, 0) is 66.2 Å². The lowest BCUT2D eigenvalue weighted by Crippen LogP contribution is -2.22. The lowest BCUT2D eigenvalue weighted by atomic mass is 10.00. The Bertz CT molecular complexity index is 3440. The maximum Gasteiger partial charge on any atom is 0.200 e. The first-order valence-corrected chi connectivity index (χ1v) is 17.7. The zero-order chi connectivity index (χ0) is 44.9. The van der Waals surface area contributed by atoms with Gasteiger partial charge in [-0.2, -0.15) is 0 Å². The van der Waals surface area contributed by atoms with E-state index < -0.39 is 154 Å². The summed E-state index contributed by atoms with van der Waals surface area (Å²) in [6.45, 7) is 0. The van der Waals surface area contributed by atoms with Crippen LogP contribution in [0, 0.1) is 87.3 Å². The highest BCUT2D eigenvalue weighted by atomic mass is 19.2. The van der Waals surface area contributed by atoms with E-state index in [4.69, 9.17) is 0 Å². The molecule has 0 radical (unpaired) electrons. The first kappa shape index (κ1) is 40.7. The minimum atomic E-state index is -2.60. The van der Waals surface area contributed by atoms with Crippen molar-refractivity contribution in [3.8, 4) is 0 Å². The van der Waals surface area contributed by atoms with E-state index in [-0.39, 0.29) is 22.2 Å². The largest absolute Gasteiger partial charge is 0.354 e. The third-order valence-corrected chi connectivity index (χ3v) is 10.2. The van der Waals surface area contributed by atoms with Crippen LogP contribution in [0.2, 0.25) is 0 Å². The van der Waals surface area contributed by atoms with Crippen LogP contribution in [0.15, 0.2) is 73.1 Å². The smallest absolute Gasteiger partial charge is 0.200 e. The van der Waals surface area contributed by atoms with Crippen molar-refractivity contribution in [1.82, 2.24) is 24.9 Å².